The van der Waals surface area contributed by atoms with Gasteiger partial charge in [0.1, 0.15) is 0 Å². The van der Waals surface area contributed by atoms with Gasteiger partial charge in [0.05, 0.1) is 5.56 Å². The molecule has 1 fully saturated rings. The number of piperazine rings is 1. The molecule has 4 nitrogen and oxygen atoms in total. The molecule has 1 aliphatic heterocycles. The first-order valence-corrected chi connectivity index (χ1v) is 6.35. The normalized spacial score (nSPS) is 20.3. The molecule has 0 spiro atoms. The molecular formula is C14H17N3O. The van der Waals surface area contributed by atoms with Crippen LogP contribution in [0.25, 0.3) is 10.9 Å². The van der Waals surface area contributed by atoms with Crippen molar-refractivity contribution in [2.45, 2.75) is 13.0 Å². The molecule has 18 heavy (non-hydrogen) atoms. The quantitative estimate of drug-likeness (QED) is 0.799. The molecule has 0 bridgehead atoms. The van der Waals surface area contributed by atoms with E-state index in [1.165, 1.54) is 0 Å². The fourth-order valence-electron chi connectivity index (χ4n) is 2.55. The first-order chi connectivity index (χ1) is 8.77. The number of hydrogen-bond donors (Lipinski definition) is 2. The highest BCUT2D eigenvalue weighted by molar-refractivity contribution is 6.06. The lowest BCUT2D eigenvalue weighted by Crippen LogP contribution is -2.52. The van der Waals surface area contributed by atoms with Crippen LogP contribution in [-0.2, 0) is 0 Å². The average Bonchev–Trinajstić information content (AvgIpc) is 2.82. The van der Waals surface area contributed by atoms with Gasteiger partial charge in [-0.2, -0.15) is 0 Å². The van der Waals surface area contributed by atoms with Gasteiger partial charge >= 0.3 is 0 Å². The summed E-state index contributed by atoms with van der Waals surface area (Å²) in [6, 6.07) is 8.17. The van der Waals surface area contributed by atoms with Gasteiger partial charge in [-0.05, 0) is 13.0 Å². The van der Waals surface area contributed by atoms with Crippen molar-refractivity contribution < 1.29 is 4.79 Å². The molecule has 0 radical (unpaired) electrons. The van der Waals surface area contributed by atoms with Crippen molar-refractivity contribution in [3.05, 3.63) is 36.0 Å². The van der Waals surface area contributed by atoms with Crippen LogP contribution in [0, 0.1) is 0 Å². The van der Waals surface area contributed by atoms with Gasteiger partial charge in [0.2, 0.25) is 0 Å². The van der Waals surface area contributed by atoms with E-state index in [2.05, 4.69) is 17.2 Å². The third kappa shape index (κ3) is 1.78. The van der Waals surface area contributed by atoms with E-state index in [1.807, 2.05) is 35.4 Å². The molecule has 0 aliphatic carbocycles. The number of amides is 1. The number of nitrogens with one attached hydrogen (secondary N) is 2. The second-order valence-electron chi connectivity index (χ2n) is 4.80. The maximum atomic E-state index is 12.6. The number of aromatic amines is 1. The number of H-pyrrole nitrogens is 1. The molecule has 1 aliphatic rings. The van der Waals surface area contributed by atoms with Crippen molar-refractivity contribution >= 4 is 16.8 Å². The first-order valence-electron chi connectivity index (χ1n) is 6.35. The zero-order chi connectivity index (χ0) is 12.5. The molecule has 4 heteroatoms. The van der Waals surface area contributed by atoms with Crippen molar-refractivity contribution in [1.29, 1.82) is 0 Å². The number of nitrogens with zero attached hydrogens (tertiary/aromatic N) is 1. The van der Waals surface area contributed by atoms with E-state index in [4.69, 9.17) is 0 Å². The Balaban J connectivity index is 1.96. The first kappa shape index (κ1) is 11.3. The lowest BCUT2D eigenvalue weighted by Gasteiger charge is -2.33. The zero-order valence-corrected chi connectivity index (χ0v) is 10.4. The van der Waals surface area contributed by atoms with E-state index in [9.17, 15) is 4.79 Å². The molecule has 2 N–H and O–H groups in total. The third-order valence-corrected chi connectivity index (χ3v) is 3.58. The van der Waals surface area contributed by atoms with Crippen LogP contribution in [0.5, 0.6) is 0 Å². The highest BCUT2D eigenvalue weighted by Crippen LogP contribution is 2.20. The number of fused-ring (bicyclic) bond motifs is 1. The maximum absolute atomic E-state index is 12.6. The van der Waals surface area contributed by atoms with E-state index in [0.29, 0.717) is 0 Å². The fraction of sp³-hybridized carbons (Fsp3) is 0.357. The van der Waals surface area contributed by atoms with Gasteiger partial charge in [-0.15, -0.1) is 0 Å². The number of hydrogen-bond acceptors (Lipinski definition) is 2. The topological polar surface area (TPSA) is 48.1 Å². The van der Waals surface area contributed by atoms with Crippen LogP contribution in [0.2, 0.25) is 0 Å². The predicted molar refractivity (Wildman–Crippen MR) is 71.7 cm³/mol. The van der Waals surface area contributed by atoms with E-state index in [0.717, 1.165) is 36.1 Å². The van der Waals surface area contributed by atoms with Gasteiger partial charge in [-0.25, -0.2) is 0 Å². The van der Waals surface area contributed by atoms with Crippen LogP contribution in [0.1, 0.15) is 17.3 Å². The largest absolute Gasteiger partial charge is 0.360 e. The summed E-state index contributed by atoms with van der Waals surface area (Å²) in [7, 11) is 0. The van der Waals surface area contributed by atoms with Crippen molar-refractivity contribution in [3.63, 3.8) is 0 Å². The minimum absolute atomic E-state index is 0.126. The summed E-state index contributed by atoms with van der Waals surface area (Å²) >= 11 is 0. The molecule has 1 aromatic heterocycles. The van der Waals surface area contributed by atoms with E-state index in [-0.39, 0.29) is 11.9 Å². The van der Waals surface area contributed by atoms with Gasteiger partial charge in [-0.1, -0.05) is 18.2 Å². The molecule has 2 aromatic rings. The van der Waals surface area contributed by atoms with Crippen LogP contribution >= 0.6 is 0 Å². The summed E-state index contributed by atoms with van der Waals surface area (Å²) in [6.45, 7) is 4.60. The lowest BCUT2D eigenvalue weighted by atomic mass is 10.1. The zero-order valence-electron chi connectivity index (χ0n) is 10.4. The van der Waals surface area contributed by atoms with Gasteiger partial charge in [-0.3, -0.25) is 4.79 Å². The second kappa shape index (κ2) is 4.46. The van der Waals surface area contributed by atoms with Gasteiger partial charge in [0.25, 0.3) is 5.91 Å². The highest BCUT2D eigenvalue weighted by Gasteiger charge is 2.25. The molecule has 1 aromatic carbocycles. The van der Waals surface area contributed by atoms with Gasteiger partial charge in [0.15, 0.2) is 0 Å². The van der Waals surface area contributed by atoms with Crippen molar-refractivity contribution in [1.82, 2.24) is 15.2 Å². The number of aromatic nitrogens is 1. The molecule has 1 atom stereocenters. The van der Waals surface area contributed by atoms with Crippen molar-refractivity contribution in [3.8, 4) is 0 Å². The third-order valence-electron chi connectivity index (χ3n) is 3.58. The maximum Gasteiger partial charge on any atom is 0.256 e. The minimum atomic E-state index is 0.126. The fourth-order valence-corrected chi connectivity index (χ4v) is 2.55. The summed E-state index contributed by atoms with van der Waals surface area (Å²) in [5.41, 5.74) is 1.79. The molecule has 2 heterocycles. The Hall–Kier alpha value is -1.81. The summed E-state index contributed by atoms with van der Waals surface area (Å²) < 4.78 is 0. The highest BCUT2D eigenvalue weighted by atomic mass is 16.2. The van der Waals surface area contributed by atoms with E-state index >= 15 is 0 Å². The van der Waals surface area contributed by atoms with Crippen molar-refractivity contribution in [2.24, 2.45) is 0 Å². The monoisotopic (exact) mass is 243 g/mol. The van der Waals surface area contributed by atoms with E-state index < -0.39 is 0 Å². The molecule has 1 saturated heterocycles. The molecular weight excluding hydrogens is 226 g/mol. The summed E-state index contributed by atoms with van der Waals surface area (Å²) in [5.74, 6) is 0.126. The van der Waals surface area contributed by atoms with E-state index in [1.54, 1.807) is 0 Å². The molecule has 94 valence electrons. The van der Waals surface area contributed by atoms with Crippen LogP contribution in [0.3, 0.4) is 0 Å². The summed E-state index contributed by atoms with van der Waals surface area (Å²) in [6.07, 6.45) is 1.82. The van der Waals surface area contributed by atoms with Crippen LogP contribution < -0.4 is 5.32 Å². The number of rotatable bonds is 1. The number of carbonyl (C=O) groups is 1. The van der Waals surface area contributed by atoms with Crippen molar-refractivity contribution in [2.75, 3.05) is 19.6 Å². The SMILES string of the molecule is CC1CNCCN1C(=O)c1c[nH]c2ccccc12. The van der Waals surface area contributed by atoms with Crippen LogP contribution in [0.15, 0.2) is 30.5 Å². The minimum Gasteiger partial charge on any atom is -0.360 e. The van der Waals surface area contributed by atoms with Gasteiger partial charge in [0, 0.05) is 42.8 Å². The standard InChI is InChI=1S/C14H17N3O/c1-10-8-15-6-7-17(10)14(18)12-9-16-13-5-3-2-4-11(12)13/h2-5,9-10,15-16H,6-8H2,1H3. The number of para-hydroxylation sites is 1. The second-order valence-corrected chi connectivity index (χ2v) is 4.80. The number of benzene rings is 1. The summed E-state index contributed by atoms with van der Waals surface area (Å²) in [4.78, 5) is 17.7. The Morgan fingerprint density at radius 2 is 2.22 bits per heavy atom. The Morgan fingerprint density at radius 1 is 1.39 bits per heavy atom. The predicted octanol–water partition coefficient (Wildman–Crippen LogP) is 1.60. The van der Waals surface area contributed by atoms with Gasteiger partial charge < -0.3 is 15.2 Å². The Morgan fingerprint density at radius 3 is 3.06 bits per heavy atom. The Kier molecular flexibility index (Phi) is 2.80. The smallest absolute Gasteiger partial charge is 0.256 e. The molecule has 1 unspecified atom stereocenters. The Bertz CT molecular complexity index is 575. The molecule has 3 rings (SSSR count). The lowest BCUT2D eigenvalue weighted by molar-refractivity contribution is 0.0658. The number of carbonyl (C=O) groups excluding carboxylic acids is 1. The molecule has 1 amide bonds. The molecule has 0 saturated carbocycles. The van der Waals surface area contributed by atoms with Crippen LogP contribution in [-0.4, -0.2) is 41.5 Å². The Labute approximate surface area is 106 Å². The average molecular weight is 243 g/mol. The van der Waals surface area contributed by atoms with Crippen LogP contribution in [0.4, 0.5) is 0 Å². The summed E-state index contributed by atoms with van der Waals surface area (Å²) in [5, 5.41) is 4.31.